The van der Waals surface area contributed by atoms with E-state index in [1.807, 2.05) is 20.8 Å². The molecule has 1 aromatic heterocycles. The van der Waals surface area contributed by atoms with Gasteiger partial charge in [-0.25, -0.2) is 0 Å². The molecule has 1 heterocycles. The van der Waals surface area contributed by atoms with Crippen molar-refractivity contribution in [2.45, 2.75) is 46.2 Å². The van der Waals surface area contributed by atoms with E-state index in [-0.39, 0.29) is 12.6 Å². The van der Waals surface area contributed by atoms with Crippen LogP contribution < -0.4 is 0 Å². The van der Waals surface area contributed by atoms with Crippen molar-refractivity contribution in [1.29, 1.82) is 0 Å². The first-order chi connectivity index (χ1) is 8.02. The number of hydrogen-bond acceptors (Lipinski definition) is 5. The third-order valence-electron chi connectivity index (χ3n) is 2.39. The highest BCUT2D eigenvalue weighted by Gasteiger charge is 2.16. The summed E-state index contributed by atoms with van der Waals surface area (Å²) in [4.78, 5) is 16.7. The standard InChI is InChI=1S/C11H19N3O3/c1-4-5-10-12-9(13-17-10)6-14(8(2)3)7-11(15)16/h8H,4-7H2,1-3H3,(H,15,16). The second kappa shape index (κ2) is 6.34. The smallest absolute Gasteiger partial charge is 0.317 e. The van der Waals surface area contributed by atoms with Crippen LogP contribution in [0.5, 0.6) is 0 Å². The molecule has 6 nitrogen and oxygen atoms in total. The van der Waals surface area contributed by atoms with Crippen molar-refractivity contribution in [1.82, 2.24) is 15.0 Å². The fourth-order valence-electron chi connectivity index (χ4n) is 1.45. The molecule has 17 heavy (non-hydrogen) atoms. The minimum Gasteiger partial charge on any atom is -0.480 e. The van der Waals surface area contributed by atoms with Crippen molar-refractivity contribution in [2.75, 3.05) is 6.54 Å². The molecule has 0 bridgehead atoms. The zero-order chi connectivity index (χ0) is 12.8. The van der Waals surface area contributed by atoms with Gasteiger partial charge in [0.25, 0.3) is 0 Å². The summed E-state index contributed by atoms with van der Waals surface area (Å²) in [5.41, 5.74) is 0. The predicted molar refractivity (Wildman–Crippen MR) is 61.5 cm³/mol. The molecular formula is C11H19N3O3. The zero-order valence-electron chi connectivity index (χ0n) is 10.5. The van der Waals surface area contributed by atoms with Crippen LogP contribution in [0.25, 0.3) is 0 Å². The molecule has 0 aliphatic heterocycles. The van der Waals surface area contributed by atoms with Crippen LogP contribution in [-0.2, 0) is 17.8 Å². The van der Waals surface area contributed by atoms with Gasteiger partial charge in [0, 0.05) is 12.5 Å². The number of aryl methyl sites for hydroxylation is 1. The molecule has 0 fully saturated rings. The lowest BCUT2D eigenvalue weighted by Gasteiger charge is -2.22. The number of aromatic nitrogens is 2. The number of hydrogen-bond donors (Lipinski definition) is 1. The fourth-order valence-corrected chi connectivity index (χ4v) is 1.45. The van der Waals surface area contributed by atoms with E-state index in [4.69, 9.17) is 9.63 Å². The summed E-state index contributed by atoms with van der Waals surface area (Å²) in [5, 5.41) is 12.6. The van der Waals surface area contributed by atoms with E-state index in [9.17, 15) is 4.79 Å². The summed E-state index contributed by atoms with van der Waals surface area (Å²) >= 11 is 0. The van der Waals surface area contributed by atoms with Crippen LogP contribution in [0.3, 0.4) is 0 Å². The van der Waals surface area contributed by atoms with Crippen LogP contribution in [0.2, 0.25) is 0 Å². The minimum atomic E-state index is -0.851. The molecule has 1 aromatic rings. The highest BCUT2D eigenvalue weighted by atomic mass is 16.5. The molecule has 0 aliphatic rings. The summed E-state index contributed by atoms with van der Waals surface area (Å²) in [6.07, 6.45) is 1.71. The lowest BCUT2D eigenvalue weighted by Crippen LogP contribution is -2.35. The van der Waals surface area contributed by atoms with Gasteiger partial charge in [-0.15, -0.1) is 0 Å². The number of carbonyl (C=O) groups is 1. The van der Waals surface area contributed by atoms with Gasteiger partial charge in [0.05, 0.1) is 13.1 Å². The maximum Gasteiger partial charge on any atom is 0.317 e. The SMILES string of the molecule is CCCc1nc(CN(CC(=O)O)C(C)C)no1. The van der Waals surface area contributed by atoms with Gasteiger partial charge in [0.15, 0.2) is 5.82 Å². The Bertz CT molecular complexity index is 363. The fraction of sp³-hybridized carbons (Fsp3) is 0.727. The molecule has 0 unspecified atom stereocenters. The summed E-state index contributed by atoms with van der Waals surface area (Å²) in [7, 11) is 0. The van der Waals surface area contributed by atoms with Gasteiger partial charge in [0.2, 0.25) is 5.89 Å². The number of carboxylic acids is 1. The van der Waals surface area contributed by atoms with Crippen LogP contribution in [0.4, 0.5) is 0 Å². The van der Waals surface area contributed by atoms with Crippen LogP contribution in [0, 0.1) is 0 Å². The Balaban J connectivity index is 2.61. The van der Waals surface area contributed by atoms with E-state index >= 15 is 0 Å². The van der Waals surface area contributed by atoms with Crippen LogP contribution >= 0.6 is 0 Å². The van der Waals surface area contributed by atoms with E-state index in [2.05, 4.69) is 10.1 Å². The summed E-state index contributed by atoms with van der Waals surface area (Å²) < 4.78 is 5.06. The molecule has 0 aliphatic carbocycles. The normalized spacial score (nSPS) is 11.4. The number of carboxylic acid groups (broad SMARTS) is 1. The molecule has 0 saturated carbocycles. The first-order valence-corrected chi connectivity index (χ1v) is 5.80. The second-order valence-corrected chi connectivity index (χ2v) is 4.25. The van der Waals surface area contributed by atoms with Gasteiger partial charge in [-0.1, -0.05) is 12.1 Å². The van der Waals surface area contributed by atoms with E-state index < -0.39 is 5.97 Å². The van der Waals surface area contributed by atoms with E-state index in [1.54, 1.807) is 4.90 Å². The van der Waals surface area contributed by atoms with E-state index in [0.717, 1.165) is 12.8 Å². The Morgan fingerprint density at radius 2 is 2.24 bits per heavy atom. The Morgan fingerprint density at radius 3 is 2.76 bits per heavy atom. The van der Waals surface area contributed by atoms with Crippen LogP contribution in [-0.4, -0.2) is 38.7 Å². The first-order valence-electron chi connectivity index (χ1n) is 5.80. The highest BCUT2D eigenvalue weighted by molar-refractivity contribution is 5.69. The highest BCUT2D eigenvalue weighted by Crippen LogP contribution is 2.06. The quantitative estimate of drug-likeness (QED) is 0.775. The van der Waals surface area contributed by atoms with Crippen molar-refractivity contribution in [3.05, 3.63) is 11.7 Å². The summed E-state index contributed by atoms with van der Waals surface area (Å²) in [5.74, 6) is 0.306. The van der Waals surface area contributed by atoms with Gasteiger partial charge in [-0.05, 0) is 20.3 Å². The zero-order valence-corrected chi connectivity index (χ0v) is 10.5. The van der Waals surface area contributed by atoms with Crippen molar-refractivity contribution >= 4 is 5.97 Å². The molecule has 1 N–H and O–H groups in total. The van der Waals surface area contributed by atoms with E-state index in [1.165, 1.54) is 0 Å². The molecule has 0 atom stereocenters. The van der Waals surface area contributed by atoms with Crippen LogP contribution in [0.15, 0.2) is 4.52 Å². The van der Waals surface area contributed by atoms with Crippen molar-refractivity contribution < 1.29 is 14.4 Å². The largest absolute Gasteiger partial charge is 0.480 e. The molecule has 1 rings (SSSR count). The molecular weight excluding hydrogens is 222 g/mol. The minimum absolute atomic E-state index is 0.0185. The first kappa shape index (κ1) is 13.6. The molecule has 0 amide bonds. The van der Waals surface area contributed by atoms with Gasteiger partial charge >= 0.3 is 5.97 Å². The Morgan fingerprint density at radius 1 is 1.53 bits per heavy atom. The second-order valence-electron chi connectivity index (χ2n) is 4.25. The number of aliphatic carboxylic acids is 1. The summed E-state index contributed by atoms with van der Waals surface area (Å²) in [6.45, 7) is 6.30. The average Bonchev–Trinajstić information content (AvgIpc) is 2.64. The average molecular weight is 241 g/mol. The maximum absolute atomic E-state index is 10.7. The van der Waals surface area contributed by atoms with Crippen molar-refractivity contribution in [3.63, 3.8) is 0 Å². The van der Waals surface area contributed by atoms with Gasteiger partial charge in [-0.2, -0.15) is 4.98 Å². The molecule has 0 spiro atoms. The number of rotatable bonds is 7. The third-order valence-corrected chi connectivity index (χ3v) is 2.39. The Labute approximate surface area is 101 Å². The molecule has 96 valence electrons. The Hall–Kier alpha value is -1.43. The monoisotopic (exact) mass is 241 g/mol. The van der Waals surface area contributed by atoms with Crippen molar-refractivity contribution in [2.24, 2.45) is 0 Å². The maximum atomic E-state index is 10.7. The summed E-state index contributed by atoms with van der Waals surface area (Å²) in [6, 6.07) is 0.124. The topological polar surface area (TPSA) is 79.5 Å². The lowest BCUT2D eigenvalue weighted by molar-refractivity contribution is -0.139. The molecule has 6 heteroatoms. The van der Waals surface area contributed by atoms with Gasteiger partial charge in [-0.3, -0.25) is 9.69 Å². The Kier molecular flexibility index (Phi) is 5.09. The van der Waals surface area contributed by atoms with Gasteiger partial charge in [0.1, 0.15) is 0 Å². The molecule has 0 radical (unpaired) electrons. The lowest BCUT2D eigenvalue weighted by atomic mass is 10.3. The van der Waals surface area contributed by atoms with E-state index in [0.29, 0.717) is 18.3 Å². The predicted octanol–water partition coefficient (Wildman–Crippen LogP) is 1.32. The van der Waals surface area contributed by atoms with Crippen molar-refractivity contribution in [3.8, 4) is 0 Å². The molecule has 0 saturated heterocycles. The van der Waals surface area contributed by atoms with Crippen LogP contribution in [0.1, 0.15) is 38.9 Å². The molecule has 0 aromatic carbocycles. The number of nitrogens with zero attached hydrogens (tertiary/aromatic N) is 3. The third kappa shape index (κ3) is 4.52. The van der Waals surface area contributed by atoms with Gasteiger partial charge < -0.3 is 9.63 Å².